The highest BCUT2D eigenvalue weighted by Crippen LogP contribution is 2.24. The monoisotopic (exact) mass is 380 g/mol. The Kier molecular flexibility index (Phi) is 4.90. The molecule has 0 bridgehead atoms. The number of rotatable bonds is 5. The Morgan fingerprint density at radius 3 is 2.89 bits per heavy atom. The number of aromatic amines is 1. The van der Waals surface area contributed by atoms with Gasteiger partial charge in [0.1, 0.15) is 5.58 Å². The first kappa shape index (κ1) is 18.3. The van der Waals surface area contributed by atoms with Gasteiger partial charge in [-0.15, -0.1) is 0 Å². The number of aryl methyl sites for hydroxylation is 2. The van der Waals surface area contributed by atoms with Crippen LogP contribution in [0.25, 0.3) is 11.0 Å². The smallest absolute Gasteiger partial charge is 0.287 e. The normalized spacial score (nSPS) is 14.5. The number of aromatic nitrogens is 2. The second kappa shape index (κ2) is 7.50. The van der Waals surface area contributed by atoms with Crippen LogP contribution in [0.5, 0.6) is 0 Å². The number of furan rings is 1. The molecule has 0 spiro atoms. The number of H-pyrrole nitrogens is 1. The van der Waals surface area contributed by atoms with Crippen LogP contribution in [0.4, 0.5) is 5.95 Å². The van der Waals surface area contributed by atoms with Crippen molar-refractivity contribution in [1.82, 2.24) is 15.3 Å². The number of amides is 1. The molecule has 1 amide bonds. The summed E-state index contributed by atoms with van der Waals surface area (Å²) in [6.45, 7) is 4.21. The van der Waals surface area contributed by atoms with Gasteiger partial charge in [-0.05, 0) is 45.6 Å². The fourth-order valence-corrected chi connectivity index (χ4v) is 3.67. The molecule has 1 aromatic carbocycles. The van der Waals surface area contributed by atoms with Gasteiger partial charge in [-0.2, -0.15) is 0 Å². The van der Waals surface area contributed by atoms with Crippen molar-refractivity contribution in [2.75, 3.05) is 11.9 Å². The molecule has 0 radical (unpaired) electrons. The van der Waals surface area contributed by atoms with Crippen molar-refractivity contribution in [3.63, 3.8) is 0 Å². The third-order valence-electron chi connectivity index (χ3n) is 5.19. The van der Waals surface area contributed by atoms with E-state index in [1.165, 1.54) is 0 Å². The molecule has 0 unspecified atom stereocenters. The third-order valence-corrected chi connectivity index (χ3v) is 5.19. The number of carbonyl (C=O) groups is 1. The Morgan fingerprint density at radius 1 is 1.29 bits per heavy atom. The van der Waals surface area contributed by atoms with Gasteiger partial charge in [-0.25, -0.2) is 4.98 Å². The minimum Gasteiger partial charge on any atom is -0.451 e. The van der Waals surface area contributed by atoms with E-state index in [1.54, 1.807) is 0 Å². The summed E-state index contributed by atoms with van der Waals surface area (Å²) >= 11 is 0. The van der Waals surface area contributed by atoms with Gasteiger partial charge in [0, 0.05) is 29.1 Å². The van der Waals surface area contributed by atoms with E-state index in [1.807, 2.05) is 38.1 Å². The number of anilines is 1. The summed E-state index contributed by atoms with van der Waals surface area (Å²) in [5.74, 6) is 0.523. The van der Waals surface area contributed by atoms with Crippen LogP contribution >= 0.6 is 0 Å². The highest BCUT2D eigenvalue weighted by atomic mass is 16.3. The van der Waals surface area contributed by atoms with Crippen LogP contribution in [0.2, 0.25) is 0 Å². The molecular weight excluding hydrogens is 356 g/mol. The highest BCUT2D eigenvalue weighted by Gasteiger charge is 2.19. The lowest BCUT2D eigenvalue weighted by molar-refractivity contribution is 0.0915. The van der Waals surface area contributed by atoms with Crippen LogP contribution in [0.1, 0.15) is 47.1 Å². The van der Waals surface area contributed by atoms with Crippen LogP contribution in [0, 0.1) is 6.92 Å². The molecule has 3 N–H and O–H groups in total. The van der Waals surface area contributed by atoms with Crippen molar-refractivity contribution in [1.29, 1.82) is 0 Å². The zero-order chi connectivity index (χ0) is 19.7. The van der Waals surface area contributed by atoms with E-state index in [0.717, 1.165) is 47.9 Å². The quantitative estimate of drug-likeness (QED) is 0.632. The number of hydrogen-bond acceptors (Lipinski definition) is 5. The Morgan fingerprint density at radius 2 is 2.07 bits per heavy atom. The summed E-state index contributed by atoms with van der Waals surface area (Å²) in [5.41, 5.74) is 3.15. The first-order valence-corrected chi connectivity index (χ1v) is 9.68. The number of nitrogens with one attached hydrogen (secondary N) is 3. The van der Waals surface area contributed by atoms with E-state index < -0.39 is 0 Å². The molecule has 0 fully saturated rings. The molecule has 28 heavy (non-hydrogen) atoms. The van der Waals surface area contributed by atoms with Gasteiger partial charge in [0.05, 0.1) is 5.69 Å². The first-order valence-electron chi connectivity index (χ1n) is 9.68. The molecule has 0 aliphatic heterocycles. The molecule has 0 saturated heterocycles. The van der Waals surface area contributed by atoms with Gasteiger partial charge in [0.25, 0.3) is 11.5 Å². The van der Waals surface area contributed by atoms with Gasteiger partial charge < -0.3 is 15.1 Å². The van der Waals surface area contributed by atoms with E-state index in [9.17, 15) is 9.59 Å². The first-order chi connectivity index (χ1) is 13.5. The zero-order valence-corrected chi connectivity index (χ0v) is 16.1. The molecule has 146 valence electrons. The van der Waals surface area contributed by atoms with E-state index in [4.69, 9.17) is 4.42 Å². The van der Waals surface area contributed by atoms with E-state index in [-0.39, 0.29) is 17.5 Å². The second-order valence-electron chi connectivity index (χ2n) is 7.35. The van der Waals surface area contributed by atoms with Crippen LogP contribution < -0.4 is 16.2 Å². The molecule has 2 aromatic heterocycles. The SMILES string of the molecule is Cc1c(C(=O)N[C@@H](C)CNc2nc3c(c(=O)[nH]2)CCCC3)oc2ccccc12. The van der Waals surface area contributed by atoms with Gasteiger partial charge in [0.2, 0.25) is 5.95 Å². The van der Waals surface area contributed by atoms with Crippen molar-refractivity contribution in [3.05, 3.63) is 57.2 Å². The van der Waals surface area contributed by atoms with E-state index in [2.05, 4.69) is 20.6 Å². The van der Waals surface area contributed by atoms with Crippen molar-refractivity contribution in [3.8, 4) is 0 Å². The predicted molar refractivity (Wildman–Crippen MR) is 108 cm³/mol. The number of benzene rings is 1. The van der Waals surface area contributed by atoms with Crippen LogP contribution in [-0.4, -0.2) is 28.5 Å². The number of fused-ring (bicyclic) bond motifs is 2. The lowest BCUT2D eigenvalue weighted by atomic mass is 9.97. The van der Waals surface area contributed by atoms with Crippen LogP contribution in [0.3, 0.4) is 0 Å². The topological polar surface area (TPSA) is 100 Å². The molecule has 1 aliphatic carbocycles. The second-order valence-corrected chi connectivity index (χ2v) is 7.35. The van der Waals surface area contributed by atoms with Crippen molar-refractivity contribution in [2.24, 2.45) is 0 Å². The van der Waals surface area contributed by atoms with Gasteiger partial charge >= 0.3 is 0 Å². The van der Waals surface area contributed by atoms with Crippen molar-refractivity contribution in [2.45, 2.75) is 45.6 Å². The molecule has 4 rings (SSSR count). The van der Waals surface area contributed by atoms with Crippen molar-refractivity contribution < 1.29 is 9.21 Å². The molecule has 7 nitrogen and oxygen atoms in total. The summed E-state index contributed by atoms with van der Waals surface area (Å²) < 4.78 is 5.71. The Bertz CT molecular complexity index is 1080. The van der Waals surface area contributed by atoms with Gasteiger partial charge in [0.15, 0.2) is 5.76 Å². The highest BCUT2D eigenvalue weighted by molar-refractivity contribution is 5.99. The minimum atomic E-state index is -0.255. The fraction of sp³-hybridized carbons (Fsp3) is 0.381. The van der Waals surface area contributed by atoms with Crippen LogP contribution in [-0.2, 0) is 12.8 Å². The maximum Gasteiger partial charge on any atom is 0.287 e. The van der Waals surface area contributed by atoms with E-state index >= 15 is 0 Å². The number of para-hydroxylation sites is 1. The molecule has 0 saturated carbocycles. The lowest BCUT2D eigenvalue weighted by Gasteiger charge is -2.17. The summed E-state index contributed by atoms with van der Waals surface area (Å²) in [4.78, 5) is 32.1. The molecule has 7 heteroatoms. The molecule has 2 heterocycles. The van der Waals surface area contributed by atoms with Gasteiger partial charge in [-0.3, -0.25) is 14.6 Å². The summed E-state index contributed by atoms with van der Waals surface area (Å²) in [7, 11) is 0. The standard InChI is InChI=1S/C21H24N4O3/c1-12(11-22-21-24-16-9-5-3-8-15(16)19(26)25-21)23-20(27)18-13(2)14-7-4-6-10-17(14)28-18/h4,6-7,10,12H,3,5,8-9,11H2,1-2H3,(H,23,27)(H2,22,24,25,26)/t12-/m0/s1. The average Bonchev–Trinajstić information content (AvgIpc) is 3.03. The minimum absolute atomic E-state index is 0.0678. The van der Waals surface area contributed by atoms with Crippen LogP contribution in [0.15, 0.2) is 33.5 Å². The Labute approximate surface area is 162 Å². The average molecular weight is 380 g/mol. The Hall–Kier alpha value is -3.09. The number of hydrogen-bond donors (Lipinski definition) is 3. The lowest BCUT2D eigenvalue weighted by Crippen LogP contribution is -2.38. The molecule has 1 atom stereocenters. The third kappa shape index (κ3) is 3.52. The summed E-state index contributed by atoms with van der Waals surface area (Å²) in [6.07, 6.45) is 3.73. The van der Waals surface area contributed by atoms with E-state index in [0.29, 0.717) is 23.8 Å². The maximum absolute atomic E-state index is 12.6. The number of nitrogens with zero attached hydrogens (tertiary/aromatic N) is 1. The Balaban J connectivity index is 1.41. The fourth-order valence-electron chi connectivity index (χ4n) is 3.67. The number of carbonyl (C=O) groups excluding carboxylic acids is 1. The van der Waals surface area contributed by atoms with Gasteiger partial charge in [-0.1, -0.05) is 18.2 Å². The largest absolute Gasteiger partial charge is 0.451 e. The molecule has 3 aromatic rings. The predicted octanol–water partition coefficient (Wildman–Crippen LogP) is 2.93. The molecule has 1 aliphatic rings. The maximum atomic E-state index is 12.6. The molecular formula is C21H24N4O3. The summed E-state index contributed by atoms with van der Waals surface area (Å²) in [5, 5.41) is 6.99. The van der Waals surface area contributed by atoms with Crippen molar-refractivity contribution >= 4 is 22.8 Å². The zero-order valence-electron chi connectivity index (χ0n) is 16.1. The summed E-state index contributed by atoms with van der Waals surface area (Å²) in [6, 6.07) is 7.41.